The second-order valence-electron chi connectivity index (χ2n) is 7.35. The van der Waals surface area contributed by atoms with Crippen molar-refractivity contribution in [3.05, 3.63) is 35.5 Å². The lowest BCUT2D eigenvalue weighted by atomic mass is 9.65. The van der Waals surface area contributed by atoms with Gasteiger partial charge in [0.15, 0.2) is 0 Å². The van der Waals surface area contributed by atoms with E-state index in [2.05, 4.69) is 16.7 Å². The number of nitrogens with two attached hydrogens (primary N) is 1. The van der Waals surface area contributed by atoms with E-state index in [4.69, 9.17) is 15.5 Å². The van der Waals surface area contributed by atoms with Crippen molar-refractivity contribution in [1.82, 2.24) is 5.32 Å². The summed E-state index contributed by atoms with van der Waals surface area (Å²) in [5.74, 6) is 0.790. The van der Waals surface area contributed by atoms with Gasteiger partial charge in [-0.05, 0) is 68.7 Å². The normalized spacial score (nSPS) is 22.3. The van der Waals surface area contributed by atoms with Crippen molar-refractivity contribution in [2.75, 3.05) is 25.5 Å². The molecule has 4 rings (SSSR count). The summed E-state index contributed by atoms with van der Waals surface area (Å²) in [7, 11) is 1.64. The molecule has 1 aliphatic carbocycles. The van der Waals surface area contributed by atoms with Gasteiger partial charge in [0.2, 0.25) is 5.91 Å². The highest BCUT2D eigenvalue weighted by Crippen LogP contribution is 2.53. The van der Waals surface area contributed by atoms with E-state index in [-0.39, 0.29) is 11.3 Å². The molecule has 2 aliphatic heterocycles. The summed E-state index contributed by atoms with van der Waals surface area (Å²) in [6.45, 7) is 1.98. The number of fused-ring (bicyclic) bond motifs is 2. The van der Waals surface area contributed by atoms with Crippen molar-refractivity contribution in [1.29, 1.82) is 0 Å². The van der Waals surface area contributed by atoms with Crippen molar-refractivity contribution in [3.63, 3.8) is 0 Å². The van der Waals surface area contributed by atoms with Gasteiger partial charge in [0.05, 0.1) is 30.0 Å². The molecule has 0 aromatic heterocycles. The van der Waals surface area contributed by atoms with Gasteiger partial charge in [-0.2, -0.15) is 0 Å². The van der Waals surface area contributed by atoms with E-state index in [9.17, 15) is 4.79 Å². The predicted octanol–water partition coefficient (Wildman–Crippen LogP) is 2.08. The molecule has 1 spiro atoms. The van der Waals surface area contributed by atoms with Gasteiger partial charge in [0, 0.05) is 5.56 Å². The van der Waals surface area contributed by atoms with Gasteiger partial charge in [-0.1, -0.05) is 6.42 Å². The molecule has 1 amide bonds. The predicted molar refractivity (Wildman–Crippen MR) is 103 cm³/mol. The molecule has 0 unspecified atom stereocenters. The number of rotatable bonds is 4. The second kappa shape index (κ2) is 6.76. The van der Waals surface area contributed by atoms with Crippen LogP contribution in [0.5, 0.6) is 5.75 Å². The molecule has 1 saturated carbocycles. The molecule has 138 valence electrons. The lowest BCUT2D eigenvalue weighted by Crippen LogP contribution is -2.40. The molecule has 2 fully saturated rings. The third kappa shape index (κ3) is 2.69. The van der Waals surface area contributed by atoms with E-state index in [1.165, 1.54) is 6.20 Å². The number of amides is 1. The molecule has 26 heavy (non-hydrogen) atoms. The zero-order valence-corrected chi connectivity index (χ0v) is 15.2. The quantitative estimate of drug-likeness (QED) is 0.722. The summed E-state index contributed by atoms with van der Waals surface area (Å²) in [5.41, 5.74) is 9.00. The van der Waals surface area contributed by atoms with Crippen molar-refractivity contribution in [3.8, 4) is 5.75 Å². The molecular weight excluding hydrogens is 328 g/mol. The molecule has 1 aromatic rings. The average Bonchev–Trinajstić information content (AvgIpc) is 2.93. The Labute approximate surface area is 153 Å². The van der Waals surface area contributed by atoms with Gasteiger partial charge >= 0.3 is 0 Å². The highest BCUT2D eigenvalue weighted by molar-refractivity contribution is 6.13. The Bertz CT molecular complexity index is 774. The van der Waals surface area contributed by atoms with E-state index in [1.54, 1.807) is 7.11 Å². The number of methoxy groups -OCH3 is 1. The zero-order chi connectivity index (χ0) is 18.1. The second-order valence-corrected chi connectivity index (χ2v) is 7.35. The first-order valence-corrected chi connectivity index (χ1v) is 9.39. The van der Waals surface area contributed by atoms with Crippen LogP contribution >= 0.6 is 0 Å². The summed E-state index contributed by atoms with van der Waals surface area (Å²) in [6.07, 6.45) is 8.29. The first-order chi connectivity index (χ1) is 12.7. The van der Waals surface area contributed by atoms with Crippen LogP contribution in [0.25, 0.3) is 0 Å². The molecule has 3 aliphatic rings. The highest BCUT2D eigenvalue weighted by atomic mass is 16.5. The van der Waals surface area contributed by atoms with E-state index in [0.29, 0.717) is 11.8 Å². The molecule has 1 saturated heterocycles. The van der Waals surface area contributed by atoms with Gasteiger partial charge in [-0.25, -0.2) is 0 Å². The van der Waals surface area contributed by atoms with Crippen molar-refractivity contribution >= 4 is 17.3 Å². The number of carbonyl (C=O) groups excluding carboxylic acids is 1. The lowest BCUT2D eigenvalue weighted by molar-refractivity contribution is -0.123. The molecule has 6 heteroatoms. The number of ether oxygens (including phenoxy) is 1. The van der Waals surface area contributed by atoms with E-state index < -0.39 is 0 Å². The van der Waals surface area contributed by atoms with Crippen LogP contribution in [0.4, 0.5) is 5.69 Å². The molecule has 1 aromatic carbocycles. The Morgan fingerprint density at radius 2 is 2.12 bits per heavy atom. The molecule has 6 nitrogen and oxygen atoms in total. The summed E-state index contributed by atoms with van der Waals surface area (Å²) in [5, 5.41) is 6.40. The van der Waals surface area contributed by atoms with Gasteiger partial charge < -0.3 is 21.1 Å². The number of anilines is 1. The van der Waals surface area contributed by atoms with E-state index in [0.717, 1.165) is 67.7 Å². The number of hydrogen-bond acceptors (Lipinski definition) is 5. The molecule has 0 bridgehead atoms. The van der Waals surface area contributed by atoms with Crippen LogP contribution in [0.3, 0.4) is 0 Å². The largest absolute Gasteiger partial charge is 0.495 e. The van der Waals surface area contributed by atoms with Crippen molar-refractivity contribution < 1.29 is 9.53 Å². The van der Waals surface area contributed by atoms with Gasteiger partial charge in [-0.3, -0.25) is 9.79 Å². The Kier molecular flexibility index (Phi) is 4.44. The number of piperidine rings is 1. The van der Waals surface area contributed by atoms with Crippen LogP contribution in [0, 0.1) is 0 Å². The maximum Gasteiger partial charge on any atom is 0.235 e. The van der Waals surface area contributed by atoms with Crippen LogP contribution in [-0.2, 0) is 10.2 Å². The monoisotopic (exact) mass is 354 g/mol. The molecule has 0 atom stereocenters. The number of nitrogens with one attached hydrogen (secondary N) is 2. The number of aliphatic imine (C=N–C) groups is 1. The van der Waals surface area contributed by atoms with Crippen LogP contribution in [0.1, 0.15) is 43.2 Å². The maximum atomic E-state index is 12.6. The van der Waals surface area contributed by atoms with Crippen molar-refractivity contribution in [2.45, 2.75) is 43.6 Å². The highest BCUT2D eigenvalue weighted by Gasteiger charge is 2.52. The molecule has 0 radical (unpaired) electrons. The van der Waals surface area contributed by atoms with Crippen LogP contribution in [-0.4, -0.2) is 37.9 Å². The SMILES string of the molecule is COc1cc(C(C=CN)=NC2CCNCC2)cc2c1NC(=O)C21CCC1. The fraction of sp³-hybridized carbons (Fsp3) is 0.500. The zero-order valence-electron chi connectivity index (χ0n) is 15.2. The van der Waals surface area contributed by atoms with E-state index in [1.807, 2.05) is 12.1 Å². The standard InChI is InChI=1S/C20H26N4O2/c1-26-17-12-13(16(3-8-21)23-14-4-9-22-10-5-14)11-15-18(17)24-19(25)20(15)6-2-7-20/h3,8,11-12,14,22H,2,4-7,9-10,21H2,1H3,(H,24,25). The summed E-state index contributed by atoms with van der Waals surface area (Å²) >= 11 is 0. The van der Waals surface area contributed by atoms with E-state index >= 15 is 0 Å². The van der Waals surface area contributed by atoms with Gasteiger partial charge in [-0.15, -0.1) is 0 Å². The molecule has 4 N–H and O–H groups in total. The number of nitrogens with zero attached hydrogens (tertiary/aromatic N) is 1. The number of hydrogen-bond donors (Lipinski definition) is 3. The third-order valence-corrected chi connectivity index (χ3v) is 5.90. The molecular formula is C20H26N4O2. The average molecular weight is 354 g/mol. The first kappa shape index (κ1) is 17.1. The Balaban J connectivity index is 1.78. The van der Waals surface area contributed by atoms with Crippen LogP contribution in [0.15, 0.2) is 29.4 Å². The summed E-state index contributed by atoms with van der Waals surface area (Å²) in [6, 6.07) is 4.35. The smallest absolute Gasteiger partial charge is 0.235 e. The topological polar surface area (TPSA) is 88.7 Å². The number of benzene rings is 1. The minimum absolute atomic E-state index is 0.0976. The summed E-state index contributed by atoms with van der Waals surface area (Å²) in [4.78, 5) is 17.5. The van der Waals surface area contributed by atoms with Gasteiger partial charge in [0.25, 0.3) is 0 Å². The van der Waals surface area contributed by atoms with Crippen LogP contribution < -0.4 is 21.1 Å². The fourth-order valence-electron chi connectivity index (χ4n) is 4.25. The Morgan fingerprint density at radius 3 is 2.73 bits per heavy atom. The Hall–Kier alpha value is -2.34. The Morgan fingerprint density at radius 1 is 1.35 bits per heavy atom. The van der Waals surface area contributed by atoms with Gasteiger partial charge in [0.1, 0.15) is 5.75 Å². The number of carbonyl (C=O) groups is 1. The third-order valence-electron chi connectivity index (χ3n) is 5.90. The van der Waals surface area contributed by atoms with Crippen molar-refractivity contribution in [2.24, 2.45) is 10.7 Å². The first-order valence-electron chi connectivity index (χ1n) is 9.39. The summed E-state index contributed by atoms with van der Waals surface area (Å²) < 4.78 is 5.59. The lowest BCUT2D eigenvalue weighted by Gasteiger charge is -2.36. The van der Waals surface area contributed by atoms with Crippen LogP contribution in [0.2, 0.25) is 0 Å². The fourth-order valence-corrected chi connectivity index (χ4v) is 4.25. The maximum absolute atomic E-state index is 12.6. The number of allylic oxidation sites excluding steroid dienone is 1. The molecule has 2 heterocycles. The minimum Gasteiger partial charge on any atom is -0.495 e. The minimum atomic E-state index is -0.384.